The largest absolute Gasteiger partial charge is 0.304 e. The van der Waals surface area contributed by atoms with E-state index in [1.54, 1.807) is 22.6 Å². The van der Waals surface area contributed by atoms with Gasteiger partial charge in [-0.05, 0) is 63.7 Å². The van der Waals surface area contributed by atoms with Crippen LogP contribution in [0.4, 0.5) is 0 Å². The molecule has 5 nitrogen and oxygen atoms in total. The molecule has 0 bridgehead atoms. The van der Waals surface area contributed by atoms with Gasteiger partial charge in [0.15, 0.2) is 0 Å². The Morgan fingerprint density at radius 1 is 1.20 bits per heavy atom. The number of aryl methyl sites for hydroxylation is 1. The third-order valence-electron chi connectivity index (χ3n) is 4.53. The number of aromatic nitrogens is 1. The molecule has 2 heterocycles. The lowest BCUT2D eigenvalue weighted by atomic mass is 10.1. The van der Waals surface area contributed by atoms with Gasteiger partial charge >= 0.3 is 0 Å². The van der Waals surface area contributed by atoms with Gasteiger partial charge in [-0.3, -0.25) is 4.98 Å². The minimum atomic E-state index is -3.49. The van der Waals surface area contributed by atoms with Gasteiger partial charge in [0.05, 0.1) is 16.6 Å². The minimum absolute atomic E-state index is 0.116. The summed E-state index contributed by atoms with van der Waals surface area (Å²) >= 11 is 0. The van der Waals surface area contributed by atoms with E-state index in [0.29, 0.717) is 11.4 Å². The molecule has 0 unspecified atom stereocenters. The van der Waals surface area contributed by atoms with E-state index in [1.807, 2.05) is 45.3 Å². The first-order valence-electron chi connectivity index (χ1n) is 8.56. The topological polar surface area (TPSA) is 53.5 Å². The first kappa shape index (κ1) is 18.0. The monoisotopic (exact) mass is 359 g/mol. The fraction of sp³-hybridized carbons (Fsp3) is 0.421. The highest BCUT2D eigenvalue weighted by Crippen LogP contribution is 2.36. The van der Waals surface area contributed by atoms with E-state index in [-0.39, 0.29) is 6.04 Å². The van der Waals surface area contributed by atoms with Crippen molar-refractivity contribution in [3.8, 4) is 0 Å². The highest BCUT2D eigenvalue weighted by atomic mass is 32.2. The molecule has 1 saturated heterocycles. The average molecular weight is 359 g/mol. The molecule has 1 aliphatic rings. The van der Waals surface area contributed by atoms with Crippen molar-refractivity contribution in [3.05, 3.63) is 59.4 Å². The van der Waals surface area contributed by atoms with E-state index < -0.39 is 10.0 Å². The summed E-state index contributed by atoms with van der Waals surface area (Å²) in [4.78, 5) is 6.82. The maximum Gasteiger partial charge on any atom is 0.243 e. The van der Waals surface area contributed by atoms with Crippen LogP contribution in [0.5, 0.6) is 0 Å². The molecule has 25 heavy (non-hydrogen) atoms. The van der Waals surface area contributed by atoms with Crippen LogP contribution >= 0.6 is 0 Å². The SMILES string of the molecule is Cc1ccc(S(=O)(=O)N2CCC[C@H]2c2ccnc(CN(C)C)c2)cc1. The molecule has 0 saturated carbocycles. The molecule has 1 aromatic heterocycles. The Morgan fingerprint density at radius 2 is 1.92 bits per heavy atom. The zero-order valence-corrected chi connectivity index (χ0v) is 15.8. The lowest BCUT2D eigenvalue weighted by Crippen LogP contribution is -2.30. The minimum Gasteiger partial charge on any atom is -0.304 e. The van der Waals surface area contributed by atoms with Crippen molar-refractivity contribution in [1.82, 2.24) is 14.2 Å². The standard InChI is InChI=1S/C19H25N3O2S/c1-15-6-8-18(9-7-15)25(23,24)22-12-4-5-19(22)16-10-11-20-17(13-16)14-21(2)3/h6-11,13,19H,4-5,12,14H2,1-3H3/t19-/m0/s1. The van der Waals surface area contributed by atoms with E-state index >= 15 is 0 Å². The first-order valence-corrected chi connectivity index (χ1v) is 10.00. The Morgan fingerprint density at radius 3 is 2.60 bits per heavy atom. The molecule has 1 fully saturated rings. The highest BCUT2D eigenvalue weighted by molar-refractivity contribution is 7.89. The maximum absolute atomic E-state index is 13.1. The van der Waals surface area contributed by atoms with Crippen molar-refractivity contribution in [2.75, 3.05) is 20.6 Å². The Hall–Kier alpha value is -1.76. The van der Waals surface area contributed by atoms with Crippen molar-refractivity contribution >= 4 is 10.0 Å². The van der Waals surface area contributed by atoms with E-state index in [4.69, 9.17) is 0 Å². The molecule has 0 radical (unpaired) electrons. The van der Waals surface area contributed by atoms with Crippen LogP contribution in [-0.4, -0.2) is 43.2 Å². The lowest BCUT2D eigenvalue weighted by molar-refractivity contribution is 0.388. The number of rotatable bonds is 5. The summed E-state index contributed by atoms with van der Waals surface area (Å²) in [5, 5.41) is 0. The molecular formula is C19H25N3O2S. The van der Waals surface area contributed by atoms with Gasteiger partial charge in [-0.25, -0.2) is 8.42 Å². The predicted octanol–water partition coefficient (Wildman–Crippen LogP) is 2.98. The summed E-state index contributed by atoms with van der Waals surface area (Å²) in [6, 6.07) is 10.9. The highest BCUT2D eigenvalue weighted by Gasteiger charge is 2.36. The first-order chi connectivity index (χ1) is 11.9. The summed E-state index contributed by atoms with van der Waals surface area (Å²) in [5.41, 5.74) is 3.04. The lowest BCUT2D eigenvalue weighted by Gasteiger charge is -2.25. The Kier molecular flexibility index (Phi) is 5.22. The van der Waals surface area contributed by atoms with Gasteiger partial charge in [-0.2, -0.15) is 4.31 Å². The van der Waals surface area contributed by atoms with E-state index in [2.05, 4.69) is 9.88 Å². The second-order valence-electron chi connectivity index (χ2n) is 6.91. The fourth-order valence-electron chi connectivity index (χ4n) is 3.32. The molecule has 3 rings (SSSR count). The van der Waals surface area contributed by atoms with Crippen molar-refractivity contribution in [1.29, 1.82) is 0 Å². The van der Waals surface area contributed by atoms with E-state index in [1.165, 1.54) is 0 Å². The van der Waals surface area contributed by atoms with Crippen LogP contribution in [0, 0.1) is 6.92 Å². The molecule has 134 valence electrons. The zero-order chi connectivity index (χ0) is 18.0. The van der Waals surface area contributed by atoms with Crippen molar-refractivity contribution in [3.63, 3.8) is 0 Å². The summed E-state index contributed by atoms with van der Waals surface area (Å²) in [6.07, 6.45) is 3.50. The fourth-order valence-corrected chi connectivity index (χ4v) is 5.00. The van der Waals surface area contributed by atoms with Crippen LogP contribution in [0.1, 0.15) is 35.7 Å². The second-order valence-corrected chi connectivity index (χ2v) is 8.80. The second kappa shape index (κ2) is 7.23. The molecule has 0 N–H and O–H groups in total. The Balaban J connectivity index is 1.91. The maximum atomic E-state index is 13.1. The molecule has 0 aliphatic carbocycles. The van der Waals surface area contributed by atoms with Crippen molar-refractivity contribution in [2.24, 2.45) is 0 Å². The Labute approximate surface area is 150 Å². The molecule has 6 heteroatoms. The smallest absolute Gasteiger partial charge is 0.243 e. The van der Waals surface area contributed by atoms with Crippen LogP contribution in [-0.2, 0) is 16.6 Å². The third-order valence-corrected chi connectivity index (χ3v) is 6.46. The van der Waals surface area contributed by atoms with Crippen molar-refractivity contribution < 1.29 is 8.42 Å². The normalized spacial score (nSPS) is 18.8. The summed E-state index contributed by atoms with van der Waals surface area (Å²) < 4.78 is 27.8. The van der Waals surface area contributed by atoms with Gasteiger partial charge in [0.25, 0.3) is 0 Å². The molecule has 1 atom stereocenters. The molecular weight excluding hydrogens is 334 g/mol. The summed E-state index contributed by atoms with van der Waals surface area (Å²) in [6.45, 7) is 3.26. The van der Waals surface area contributed by atoms with Gasteiger partial charge in [0.2, 0.25) is 10.0 Å². The molecule has 1 aromatic carbocycles. The van der Waals surface area contributed by atoms with Crippen LogP contribution < -0.4 is 0 Å². The van der Waals surface area contributed by atoms with Gasteiger partial charge in [0, 0.05) is 19.3 Å². The number of nitrogens with zero attached hydrogens (tertiary/aromatic N) is 3. The number of sulfonamides is 1. The van der Waals surface area contributed by atoms with Gasteiger partial charge < -0.3 is 4.90 Å². The summed E-state index contributed by atoms with van der Waals surface area (Å²) in [5.74, 6) is 0. The number of benzene rings is 1. The molecule has 0 amide bonds. The number of hydrogen-bond donors (Lipinski definition) is 0. The van der Waals surface area contributed by atoms with Gasteiger partial charge in [-0.15, -0.1) is 0 Å². The van der Waals surface area contributed by atoms with Crippen molar-refractivity contribution in [2.45, 2.75) is 37.2 Å². The average Bonchev–Trinajstić information content (AvgIpc) is 3.05. The zero-order valence-electron chi connectivity index (χ0n) is 15.0. The van der Waals surface area contributed by atoms with E-state index in [9.17, 15) is 8.42 Å². The Bertz CT molecular complexity index is 832. The van der Waals surface area contributed by atoms with Crippen LogP contribution in [0.15, 0.2) is 47.5 Å². The predicted molar refractivity (Wildman–Crippen MR) is 98.7 cm³/mol. The van der Waals surface area contributed by atoms with E-state index in [0.717, 1.165) is 36.2 Å². The number of hydrogen-bond acceptors (Lipinski definition) is 4. The van der Waals surface area contributed by atoms with Gasteiger partial charge in [-0.1, -0.05) is 17.7 Å². The molecule has 1 aliphatic heterocycles. The van der Waals surface area contributed by atoms with Crippen LogP contribution in [0.25, 0.3) is 0 Å². The molecule has 0 spiro atoms. The molecule has 2 aromatic rings. The third kappa shape index (κ3) is 3.92. The van der Waals surface area contributed by atoms with Gasteiger partial charge in [0.1, 0.15) is 0 Å². The summed E-state index contributed by atoms with van der Waals surface area (Å²) in [7, 11) is 0.510. The number of pyridine rings is 1. The quantitative estimate of drug-likeness (QED) is 0.824. The van der Waals surface area contributed by atoms with Crippen LogP contribution in [0.2, 0.25) is 0 Å². The van der Waals surface area contributed by atoms with Crippen LogP contribution in [0.3, 0.4) is 0 Å².